The summed E-state index contributed by atoms with van der Waals surface area (Å²) in [5, 5.41) is 4.70. The molecule has 0 unspecified atom stereocenters. The average Bonchev–Trinajstić information content (AvgIpc) is 2.77. The monoisotopic (exact) mass is 255 g/mol. The van der Waals surface area contributed by atoms with Crippen molar-refractivity contribution in [1.82, 2.24) is 9.78 Å². The third-order valence-electron chi connectivity index (χ3n) is 4.01. The molecule has 0 fully saturated rings. The predicted molar refractivity (Wildman–Crippen MR) is 78.0 cm³/mol. The quantitative estimate of drug-likeness (QED) is 0.896. The van der Waals surface area contributed by atoms with Gasteiger partial charge in [-0.3, -0.25) is 4.68 Å². The van der Waals surface area contributed by atoms with Gasteiger partial charge in [0.05, 0.1) is 5.69 Å². The van der Waals surface area contributed by atoms with Crippen LogP contribution in [0.4, 0.5) is 0 Å². The van der Waals surface area contributed by atoms with Crippen LogP contribution in [0.15, 0.2) is 18.2 Å². The van der Waals surface area contributed by atoms with Gasteiger partial charge in [-0.2, -0.15) is 5.10 Å². The number of hydrogen-bond donors (Lipinski definition) is 1. The van der Waals surface area contributed by atoms with Gasteiger partial charge in [-0.1, -0.05) is 23.8 Å². The van der Waals surface area contributed by atoms with Crippen LogP contribution in [0.25, 0.3) is 11.1 Å². The van der Waals surface area contributed by atoms with Crippen LogP contribution in [0.2, 0.25) is 0 Å². The zero-order valence-electron chi connectivity index (χ0n) is 11.7. The summed E-state index contributed by atoms with van der Waals surface area (Å²) in [7, 11) is 0. The Labute approximate surface area is 114 Å². The minimum Gasteiger partial charge on any atom is -0.325 e. The molecule has 1 aliphatic heterocycles. The smallest absolute Gasteiger partial charge is 0.0841 e. The van der Waals surface area contributed by atoms with Gasteiger partial charge in [0.1, 0.15) is 0 Å². The zero-order valence-corrected chi connectivity index (χ0v) is 11.7. The summed E-state index contributed by atoms with van der Waals surface area (Å²) < 4.78 is 2.17. The van der Waals surface area contributed by atoms with E-state index in [4.69, 9.17) is 10.8 Å². The first-order chi connectivity index (χ1) is 9.20. The van der Waals surface area contributed by atoms with E-state index in [1.165, 1.54) is 40.8 Å². The van der Waals surface area contributed by atoms with E-state index in [1.54, 1.807) is 0 Å². The minimum atomic E-state index is 0.517. The summed E-state index contributed by atoms with van der Waals surface area (Å²) in [5.74, 6) is 0. The van der Waals surface area contributed by atoms with Crippen molar-refractivity contribution in [3.8, 4) is 11.1 Å². The highest BCUT2D eigenvalue weighted by molar-refractivity contribution is 5.72. The molecule has 3 nitrogen and oxygen atoms in total. The maximum absolute atomic E-state index is 5.90. The molecular weight excluding hydrogens is 234 g/mol. The number of aryl methyl sites for hydroxylation is 3. The van der Waals surface area contributed by atoms with Crippen LogP contribution >= 0.6 is 0 Å². The van der Waals surface area contributed by atoms with Crippen molar-refractivity contribution in [3.05, 3.63) is 40.7 Å². The summed E-state index contributed by atoms with van der Waals surface area (Å²) in [6.07, 6.45) is 3.61. The molecule has 0 atom stereocenters. The van der Waals surface area contributed by atoms with E-state index in [9.17, 15) is 0 Å². The summed E-state index contributed by atoms with van der Waals surface area (Å²) in [5.41, 5.74) is 13.5. The van der Waals surface area contributed by atoms with Gasteiger partial charge in [0, 0.05) is 24.3 Å². The van der Waals surface area contributed by atoms with Gasteiger partial charge in [0.15, 0.2) is 0 Å². The fraction of sp³-hybridized carbons (Fsp3) is 0.438. The van der Waals surface area contributed by atoms with Crippen LogP contribution in [0, 0.1) is 13.8 Å². The van der Waals surface area contributed by atoms with E-state index in [0.717, 1.165) is 18.7 Å². The highest BCUT2D eigenvalue weighted by atomic mass is 15.3. The van der Waals surface area contributed by atoms with E-state index >= 15 is 0 Å². The standard InChI is InChI=1S/C16H21N3/c1-11-6-7-13(12(2)9-11)16-14(10-17)18-19-8-4-3-5-15(16)19/h6-7,9H,3-5,8,10,17H2,1-2H3. The molecule has 19 heavy (non-hydrogen) atoms. The van der Waals surface area contributed by atoms with Gasteiger partial charge in [0.25, 0.3) is 0 Å². The lowest BCUT2D eigenvalue weighted by Crippen LogP contribution is -2.11. The number of rotatable bonds is 2. The first kappa shape index (κ1) is 12.4. The number of benzene rings is 1. The predicted octanol–water partition coefficient (Wildman–Crippen LogP) is 2.96. The molecule has 2 aromatic rings. The lowest BCUT2D eigenvalue weighted by atomic mass is 9.94. The Bertz CT molecular complexity index is 611. The summed E-state index contributed by atoms with van der Waals surface area (Å²) >= 11 is 0. The molecule has 0 aliphatic carbocycles. The van der Waals surface area contributed by atoms with Crippen LogP contribution < -0.4 is 5.73 Å². The molecule has 2 heterocycles. The summed E-state index contributed by atoms with van der Waals surface area (Å²) in [4.78, 5) is 0. The molecular formula is C16H21N3. The van der Waals surface area contributed by atoms with E-state index in [0.29, 0.717) is 6.54 Å². The Morgan fingerprint density at radius 3 is 2.84 bits per heavy atom. The first-order valence-electron chi connectivity index (χ1n) is 7.07. The van der Waals surface area contributed by atoms with E-state index < -0.39 is 0 Å². The molecule has 3 heteroatoms. The summed E-state index contributed by atoms with van der Waals surface area (Å²) in [6.45, 7) is 5.86. The molecule has 0 radical (unpaired) electrons. The van der Waals surface area contributed by atoms with Crippen molar-refractivity contribution in [2.45, 2.75) is 46.2 Å². The van der Waals surface area contributed by atoms with Crippen LogP contribution in [0.5, 0.6) is 0 Å². The molecule has 1 aromatic heterocycles. The average molecular weight is 255 g/mol. The van der Waals surface area contributed by atoms with Gasteiger partial charge >= 0.3 is 0 Å². The molecule has 100 valence electrons. The van der Waals surface area contributed by atoms with Crippen molar-refractivity contribution in [1.29, 1.82) is 0 Å². The molecule has 0 saturated carbocycles. The van der Waals surface area contributed by atoms with Crippen molar-refractivity contribution in [3.63, 3.8) is 0 Å². The Morgan fingerprint density at radius 1 is 1.26 bits per heavy atom. The van der Waals surface area contributed by atoms with Crippen LogP contribution in [0.1, 0.15) is 35.4 Å². The van der Waals surface area contributed by atoms with Crippen molar-refractivity contribution < 1.29 is 0 Å². The first-order valence-corrected chi connectivity index (χ1v) is 7.07. The number of nitrogens with zero attached hydrogens (tertiary/aromatic N) is 2. The molecule has 0 saturated heterocycles. The number of hydrogen-bond acceptors (Lipinski definition) is 2. The fourth-order valence-corrected chi connectivity index (χ4v) is 3.09. The van der Waals surface area contributed by atoms with E-state index in [-0.39, 0.29) is 0 Å². The fourth-order valence-electron chi connectivity index (χ4n) is 3.09. The van der Waals surface area contributed by atoms with E-state index in [1.807, 2.05) is 0 Å². The maximum Gasteiger partial charge on any atom is 0.0841 e. The third-order valence-corrected chi connectivity index (χ3v) is 4.01. The third kappa shape index (κ3) is 2.08. The SMILES string of the molecule is Cc1ccc(-c2c(CN)nn3c2CCCC3)c(C)c1. The molecule has 1 aromatic carbocycles. The number of aromatic nitrogens is 2. The Hall–Kier alpha value is -1.61. The van der Waals surface area contributed by atoms with Crippen LogP contribution in [-0.2, 0) is 19.5 Å². The summed E-state index contributed by atoms with van der Waals surface area (Å²) in [6, 6.07) is 6.63. The second kappa shape index (κ2) is 4.82. The van der Waals surface area contributed by atoms with Crippen LogP contribution in [-0.4, -0.2) is 9.78 Å². The second-order valence-electron chi connectivity index (χ2n) is 5.47. The molecule has 0 amide bonds. The van der Waals surface area contributed by atoms with Gasteiger partial charge in [-0.25, -0.2) is 0 Å². The van der Waals surface area contributed by atoms with Gasteiger partial charge in [-0.15, -0.1) is 0 Å². The Balaban J connectivity index is 2.20. The molecule has 0 bridgehead atoms. The number of fused-ring (bicyclic) bond motifs is 1. The van der Waals surface area contributed by atoms with Crippen LogP contribution in [0.3, 0.4) is 0 Å². The zero-order chi connectivity index (χ0) is 13.4. The maximum atomic E-state index is 5.90. The van der Waals surface area contributed by atoms with Gasteiger partial charge in [-0.05, 0) is 44.2 Å². The van der Waals surface area contributed by atoms with Gasteiger partial charge < -0.3 is 5.73 Å². The van der Waals surface area contributed by atoms with Crippen molar-refractivity contribution in [2.75, 3.05) is 0 Å². The highest BCUT2D eigenvalue weighted by Crippen LogP contribution is 2.33. The molecule has 3 rings (SSSR count). The molecule has 2 N–H and O–H groups in total. The lowest BCUT2D eigenvalue weighted by molar-refractivity contribution is 0.484. The lowest BCUT2D eigenvalue weighted by Gasteiger charge is -2.15. The minimum absolute atomic E-state index is 0.517. The van der Waals surface area contributed by atoms with Crippen molar-refractivity contribution in [2.24, 2.45) is 5.73 Å². The van der Waals surface area contributed by atoms with Crippen molar-refractivity contribution >= 4 is 0 Å². The number of nitrogens with two attached hydrogens (primary N) is 1. The van der Waals surface area contributed by atoms with Gasteiger partial charge in [0.2, 0.25) is 0 Å². The normalized spacial score (nSPS) is 14.5. The largest absolute Gasteiger partial charge is 0.325 e. The Kier molecular flexibility index (Phi) is 3.15. The second-order valence-corrected chi connectivity index (χ2v) is 5.47. The topological polar surface area (TPSA) is 43.8 Å². The molecule has 0 spiro atoms. The van der Waals surface area contributed by atoms with E-state index in [2.05, 4.69) is 36.7 Å². The Morgan fingerprint density at radius 2 is 2.11 bits per heavy atom. The highest BCUT2D eigenvalue weighted by Gasteiger charge is 2.21. The molecule has 1 aliphatic rings.